The molecule has 1 N–H and O–H groups in total. The molecule has 0 unspecified atom stereocenters. The van der Waals surface area contributed by atoms with Crippen LogP contribution >= 0.6 is 0 Å². The first kappa shape index (κ1) is 12.9. The Morgan fingerprint density at radius 1 is 1.26 bits per heavy atom. The van der Waals surface area contributed by atoms with Crippen LogP contribution in [0.15, 0.2) is 42.5 Å². The third-order valence-electron chi connectivity index (χ3n) is 2.74. The smallest absolute Gasteiger partial charge is 0.170 e. The SMILES string of the molecule is COc1cccc(CNc2cccc(C#N)c2)c1F. The monoisotopic (exact) mass is 256 g/mol. The zero-order valence-electron chi connectivity index (χ0n) is 10.5. The molecular weight excluding hydrogens is 243 g/mol. The number of nitrogens with zero attached hydrogens (tertiary/aromatic N) is 1. The predicted octanol–water partition coefficient (Wildman–Crippen LogP) is 3.32. The van der Waals surface area contributed by atoms with Crippen LogP contribution in [-0.4, -0.2) is 7.11 Å². The van der Waals surface area contributed by atoms with Gasteiger partial charge in [-0.05, 0) is 24.3 Å². The van der Waals surface area contributed by atoms with Gasteiger partial charge in [0.05, 0.1) is 18.7 Å². The number of benzene rings is 2. The number of rotatable bonds is 4. The lowest BCUT2D eigenvalue weighted by Gasteiger charge is -2.09. The van der Waals surface area contributed by atoms with Gasteiger partial charge in [-0.3, -0.25) is 0 Å². The van der Waals surface area contributed by atoms with E-state index in [2.05, 4.69) is 11.4 Å². The Balaban J connectivity index is 2.12. The van der Waals surface area contributed by atoms with Gasteiger partial charge < -0.3 is 10.1 Å². The molecule has 0 aromatic heterocycles. The van der Waals surface area contributed by atoms with Crippen molar-refractivity contribution in [3.8, 4) is 11.8 Å². The Hall–Kier alpha value is -2.54. The van der Waals surface area contributed by atoms with E-state index in [4.69, 9.17) is 10.00 Å². The molecule has 0 aliphatic rings. The van der Waals surface area contributed by atoms with Gasteiger partial charge in [-0.15, -0.1) is 0 Å². The zero-order valence-corrected chi connectivity index (χ0v) is 10.5. The van der Waals surface area contributed by atoms with E-state index in [-0.39, 0.29) is 11.6 Å². The molecule has 2 aromatic rings. The Kier molecular flexibility index (Phi) is 3.99. The van der Waals surface area contributed by atoms with Gasteiger partial charge in [0.15, 0.2) is 11.6 Å². The number of halogens is 1. The molecule has 0 heterocycles. The van der Waals surface area contributed by atoms with Crippen LogP contribution in [0.3, 0.4) is 0 Å². The lowest BCUT2D eigenvalue weighted by Crippen LogP contribution is -2.03. The summed E-state index contributed by atoms with van der Waals surface area (Å²) in [6, 6.07) is 14.1. The number of methoxy groups -OCH3 is 1. The highest BCUT2D eigenvalue weighted by molar-refractivity contribution is 5.49. The Morgan fingerprint density at radius 3 is 2.79 bits per heavy atom. The minimum Gasteiger partial charge on any atom is -0.494 e. The van der Waals surface area contributed by atoms with Crippen LogP contribution in [0, 0.1) is 17.1 Å². The van der Waals surface area contributed by atoms with Crippen molar-refractivity contribution in [1.82, 2.24) is 0 Å². The molecule has 0 spiro atoms. The molecule has 0 aliphatic heterocycles. The predicted molar refractivity (Wildman–Crippen MR) is 71.4 cm³/mol. The first-order valence-corrected chi connectivity index (χ1v) is 5.80. The summed E-state index contributed by atoms with van der Waals surface area (Å²) in [5.41, 5.74) is 1.86. The van der Waals surface area contributed by atoms with Gasteiger partial charge in [0.25, 0.3) is 0 Å². The molecule has 0 fully saturated rings. The van der Waals surface area contributed by atoms with Crippen LogP contribution in [0.1, 0.15) is 11.1 Å². The topological polar surface area (TPSA) is 45.0 Å². The van der Waals surface area contributed by atoms with E-state index >= 15 is 0 Å². The van der Waals surface area contributed by atoms with Crippen molar-refractivity contribution >= 4 is 5.69 Å². The normalized spacial score (nSPS) is 9.74. The van der Waals surface area contributed by atoms with Gasteiger partial charge in [0.1, 0.15) is 0 Å². The fraction of sp³-hybridized carbons (Fsp3) is 0.133. The van der Waals surface area contributed by atoms with Crippen LogP contribution in [0.4, 0.5) is 10.1 Å². The third kappa shape index (κ3) is 3.02. The second-order valence-electron chi connectivity index (χ2n) is 3.98. The van der Waals surface area contributed by atoms with Crippen molar-refractivity contribution in [2.45, 2.75) is 6.54 Å². The van der Waals surface area contributed by atoms with Gasteiger partial charge in [0, 0.05) is 17.8 Å². The Morgan fingerprint density at radius 2 is 2.05 bits per heavy atom. The molecule has 0 saturated carbocycles. The van der Waals surface area contributed by atoms with E-state index < -0.39 is 0 Å². The summed E-state index contributed by atoms with van der Waals surface area (Å²) in [5.74, 6) is -0.140. The number of nitrogens with one attached hydrogen (secondary N) is 1. The quantitative estimate of drug-likeness (QED) is 0.912. The summed E-state index contributed by atoms with van der Waals surface area (Å²) in [7, 11) is 1.44. The summed E-state index contributed by atoms with van der Waals surface area (Å²) >= 11 is 0. The Labute approximate surface area is 111 Å². The summed E-state index contributed by atoms with van der Waals surface area (Å²) in [4.78, 5) is 0. The van der Waals surface area contributed by atoms with E-state index in [0.717, 1.165) is 5.69 Å². The van der Waals surface area contributed by atoms with Crippen LogP contribution in [0.5, 0.6) is 5.75 Å². The maximum Gasteiger partial charge on any atom is 0.170 e. The van der Waals surface area contributed by atoms with Crippen LogP contribution in [0.25, 0.3) is 0 Å². The minimum absolute atomic E-state index is 0.227. The van der Waals surface area contributed by atoms with Crippen LogP contribution < -0.4 is 10.1 Å². The average Bonchev–Trinajstić information content (AvgIpc) is 2.46. The van der Waals surface area contributed by atoms with Crippen molar-refractivity contribution in [2.24, 2.45) is 0 Å². The molecule has 3 nitrogen and oxygen atoms in total. The maximum absolute atomic E-state index is 13.9. The summed E-state index contributed by atoms with van der Waals surface area (Å²) < 4.78 is 18.8. The minimum atomic E-state index is -0.367. The number of hydrogen-bond donors (Lipinski definition) is 1. The van der Waals surface area contributed by atoms with E-state index in [0.29, 0.717) is 17.7 Å². The average molecular weight is 256 g/mol. The van der Waals surface area contributed by atoms with Crippen molar-refractivity contribution in [2.75, 3.05) is 12.4 Å². The fourth-order valence-electron chi connectivity index (χ4n) is 1.75. The van der Waals surface area contributed by atoms with E-state index in [1.54, 1.807) is 36.4 Å². The van der Waals surface area contributed by atoms with Crippen LogP contribution in [0.2, 0.25) is 0 Å². The fourth-order valence-corrected chi connectivity index (χ4v) is 1.75. The number of anilines is 1. The summed E-state index contributed by atoms with van der Waals surface area (Å²) in [5, 5.41) is 11.9. The van der Waals surface area contributed by atoms with Gasteiger partial charge >= 0.3 is 0 Å². The zero-order chi connectivity index (χ0) is 13.7. The van der Waals surface area contributed by atoms with Crippen LogP contribution in [-0.2, 0) is 6.54 Å². The van der Waals surface area contributed by atoms with Crippen molar-refractivity contribution in [1.29, 1.82) is 5.26 Å². The molecule has 0 amide bonds. The Bertz CT molecular complexity index is 620. The maximum atomic E-state index is 13.9. The van der Waals surface area contributed by atoms with Crippen molar-refractivity contribution in [3.63, 3.8) is 0 Å². The van der Waals surface area contributed by atoms with E-state index in [9.17, 15) is 4.39 Å². The molecule has 0 atom stereocenters. The standard InChI is InChI=1S/C15H13FN2O/c1-19-14-7-3-5-12(15(14)16)10-18-13-6-2-4-11(8-13)9-17/h2-8,18H,10H2,1H3. The molecule has 96 valence electrons. The summed E-state index contributed by atoms with van der Waals surface area (Å²) in [6.07, 6.45) is 0. The molecule has 2 aromatic carbocycles. The highest BCUT2D eigenvalue weighted by Gasteiger charge is 2.07. The molecule has 4 heteroatoms. The third-order valence-corrected chi connectivity index (χ3v) is 2.74. The number of ether oxygens (including phenoxy) is 1. The summed E-state index contributed by atoms with van der Waals surface area (Å²) in [6.45, 7) is 0.331. The molecule has 19 heavy (non-hydrogen) atoms. The second-order valence-corrected chi connectivity index (χ2v) is 3.98. The second kappa shape index (κ2) is 5.87. The number of hydrogen-bond acceptors (Lipinski definition) is 3. The van der Waals surface area contributed by atoms with Gasteiger partial charge in [-0.2, -0.15) is 5.26 Å². The first-order valence-electron chi connectivity index (χ1n) is 5.80. The lowest BCUT2D eigenvalue weighted by atomic mass is 10.1. The first-order chi connectivity index (χ1) is 9.24. The van der Waals surface area contributed by atoms with Gasteiger partial charge in [-0.25, -0.2) is 4.39 Å². The number of nitriles is 1. The highest BCUT2D eigenvalue weighted by Crippen LogP contribution is 2.21. The van der Waals surface area contributed by atoms with E-state index in [1.807, 2.05) is 6.07 Å². The lowest BCUT2D eigenvalue weighted by molar-refractivity contribution is 0.384. The van der Waals surface area contributed by atoms with Gasteiger partial charge in [-0.1, -0.05) is 18.2 Å². The molecular formula is C15H13FN2O. The molecule has 2 rings (SSSR count). The van der Waals surface area contributed by atoms with Crippen molar-refractivity contribution in [3.05, 3.63) is 59.4 Å². The highest BCUT2D eigenvalue weighted by atomic mass is 19.1. The van der Waals surface area contributed by atoms with Crippen molar-refractivity contribution < 1.29 is 9.13 Å². The largest absolute Gasteiger partial charge is 0.494 e. The molecule has 0 bridgehead atoms. The molecule has 0 radical (unpaired) electrons. The van der Waals surface area contributed by atoms with E-state index in [1.165, 1.54) is 7.11 Å². The van der Waals surface area contributed by atoms with Gasteiger partial charge in [0.2, 0.25) is 0 Å². The molecule has 0 aliphatic carbocycles. The molecule has 0 saturated heterocycles.